The lowest BCUT2D eigenvalue weighted by atomic mass is 9.96. The Morgan fingerprint density at radius 3 is 2.86 bits per heavy atom. The molecule has 1 aliphatic rings. The van der Waals surface area contributed by atoms with Gasteiger partial charge in [-0.2, -0.15) is 5.10 Å². The van der Waals surface area contributed by atoms with Gasteiger partial charge in [0.1, 0.15) is 17.2 Å². The van der Waals surface area contributed by atoms with Gasteiger partial charge < -0.3 is 15.0 Å². The molecule has 2 aromatic heterocycles. The van der Waals surface area contributed by atoms with Crippen molar-refractivity contribution in [3.05, 3.63) is 29.8 Å². The summed E-state index contributed by atoms with van der Waals surface area (Å²) in [7, 11) is 0. The molecular formula is C20H30N6O2. The summed E-state index contributed by atoms with van der Waals surface area (Å²) in [5.74, 6) is 2.74. The molecule has 28 heavy (non-hydrogen) atoms. The van der Waals surface area contributed by atoms with Crippen LogP contribution in [0.3, 0.4) is 0 Å². The van der Waals surface area contributed by atoms with Crippen LogP contribution in [0.4, 0.5) is 16.4 Å². The van der Waals surface area contributed by atoms with Crippen molar-refractivity contribution >= 4 is 17.7 Å². The number of ether oxygens (including phenoxy) is 1. The molecule has 0 saturated carbocycles. The number of aromatic amines is 1. The number of nitrogens with zero attached hydrogens (tertiary/aromatic N) is 4. The number of anilines is 2. The zero-order valence-corrected chi connectivity index (χ0v) is 17.2. The van der Waals surface area contributed by atoms with Gasteiger partial charge in [-0.1, -0.05) is 0 Å². The van der Waals surface area contributed by atoms with Gasteiger partial charge in [0.2, 0.25) is 0 Å². The number of H-pyrrole nitrogens is 1. The minimum absolute atomic E-state index is 0.218. The highest BCUT2D eigenvalue weighted by atomic mass is 16.6. The molecule has 1 amide bonds. The molecule has 0 bridgehead atoms. The first-order valence-corrected chi connectivity index (χ1v) is 9.87. The summed E-state index contributed by atoms with van der Waals surface area (Å²) >= 11 is 0. The zero-order valence-electron chi connectivity index (χ0n) is 17.2. The third-order valence-corrected chi connectivity index (χ3v) is 4.64. The average Bonchev–Trinajstić information content (AvgIpc) is 2.87. The summed E-state index contributed by atoms with van der Waals surface area (Å²) in [6.45, 7) is 9.10. The Bertz CT molecular complexity index is 798. The van der Waals surface area contributed by atoms with Crippen molar-refractivity contribution in [2.75, 3.05) is 18.4 Å². The van der Waals surface area contributed by atoms with Gasteiger partial charge >= 0.3 is 6.09 Å². The first-order chi connectivity index (χ1) is 13.3. The van der Waals surface area contributed by atoms with Crippen LogP contribution < -0.4 is 5.32 Å². The van der Waals surface area contributed by atoms with Crippen LogP contribution in [0.1, 0.15) is 51.6 Å². The molecule has 1 fully saturated rings. The van der Waals surface area contributed by atoms with Gasteiger partial charge in [0, 0.05) is 37.5 Å². The van der Waals surface area contributed by atoms with E-state index in [4.69, 9.17) is 4.74 Å². The topological polar surface area (TPSA) is 96.0 Å². The van der Waals surface area contributed by atoms with E-state index in [0.29, 0.717) is 12.5 Å². The number of carbonyl (C=O) groups excluding carboxylic acids is 1. The lowest BCUT2D eigenvalue weighted by molar-refractivity contribution is 0.0255. The fraction of sp³-hybridized carbons (Fsp3) is 0.600. The van der Waals surface area contributed by atoms with Gasteiger partial charge in [0.25, 0.3) is 0 Å². The summed E-state index contributed by atoms with van der Waals surface area (Å²) in [5, 5.41) is 10.3. The molecular weight excluding hydrogens is 356 g/mol. The highest BCUT2D eigenvalue weighted by Crippen LogP contribution is 2.23. The Kier molecular flexibility index (Phi) is 6.16. The second kappa shape index (κ2) is 8.58. The summed E-state index contributed by atoms with van der Waals surface area (Å²) in [6.07, 6.45) is 5.31. The predicted molar refractivity (Wildman–Crippen MR) is 107 cm³/mol. The standard InChI is InChI=1S/C20H30N6O2/c1-14-12-18(25-24-14)23-16-7-9-21-17(22-16)13-15-6-5-10-26(11-8-15)19(27)28-20(2,3)4/h7,9,12,15H,5-6,8,10-11,13H2,1-4H3,(H2,21,22,23,24,25). The molecule has 1 unspecified atom stereocenters. The van der Waals surface area contributed by atoms with Crippen molar-refractivity contribution in [2.45, 2.75) is 59.0 Å². The van der Waals surface area contributed by atoms with Crippen LogP contribution in [0.2, 0.25) is 0 Å². The number of hydrogen-bond acceptors (Lipinski definition) is 6. The van der Waals surface area contributed by atoms with Crippen molar-refractivity contribution in [1.29, 1.82) is 0 Å². The Balaban J connectivity index is 1.55. The van der Waals surface area contributed by atoms with E-state index in [0.717, 1.165) is 55.4 Å². The highest BCUT2D eigenvalue weighted by molar-refractivity contribution is 5.68. The summed E-state index contributed by atoms with van der Waals surface area (Å²) in [5.41, 5.74) is 0.529. The van der Waals surface area contributed by atoms with Crippen molar-refractivity contribution < 1.29 is 9.53 Å². The summed E-state index contributed by atoms with van der Waals surface area (Å²) in [4.78, 5) is 23.2. The Hall–Kier alpha value is -2.64. The number of amides is 1. The van der Waals surface area contributed by atoms with E-state index in [2.05, 4.69) is 25.5 Å². The van der Waals surface area contributed by atoms with Gasteiger partial charge in [-0.15, -0.1) is 0 Å². The predicted octanol–water partition coefficient (Wildman–Crippen LogP) is 3.83. The number of aryl methyl sites for hydroxylation is 1. The number of aromatic nitrogens is 4. The van der Waals surface area contributed by atoms with E-state index in [1.807, 2.05) is 44.7 Å². The molecule has 0 aliphatic carbocycles. The summed E-state index contributed by atoms with van der Waals surface area (Å²) < 4.78 is 5.51. The third-order valence-electron chi connectivity index (χ3n) is 4.64. The molecule has 0 aromatic carbocycles. The second-order valence-corrected chi connectivity index (χ2v) is 8.39. The quantitative estimate of drug-likeness (QED) is 0.829. The van der Waals surface area contributed by atoms with Crippen molar-refractivity contribution in [1.82, 2.24) is 25.1 Å². The van der Waals surface area contributed by atoms with Gasteiger partial charge in [0.15, 0.2) is 5.82 Å². The Morgan fingerprint density at radius 2 is 2.14 bits per heavy atom. The molecule has 2 N–H and O–H groups in total. The fourth-order valence-corrected chi connectivity index (χ4v) is 3.32. The highest BCUT2D eigenvalue weighted by Gasteiger charge is 2.25. The smallest absolute Gasteiger partial charge is 0.410 e. The maximum absolute atomic E-state index is 12.3. The van der Waals surface area contributed by atoms with E-state index in [9.17, 15) is 4.79 Å². The van der Waals surface area contributed by atoms with Gasteiger partial charge in [0.05, 0.1) is 0 Å². The van der Waals surface area contributed by atoms with Gasteiger partial charge in [-0.25, -0.2) is 14.8 Å². The molecule has 0 spiro atoms. The molecule has 1 saturated heterocycles. The lowest BCUT2D eigenvalue weighted by Gasteiger charge is -2.26. The average molecular weight is 387 g/mol. The molecule has 8 heteroatoms. The number of rotatable bonds is 4. The molecule has 1 aliphatic heterocycles. The van der Waals surface area contributed by atoms with Crippen LogP contribution >= 0.6 is 0 Å². The van der Waals surface area contributed by atoms with Gasteiger partial charge in [-0.3, -0.25) is 5.10 Å². The first kappa shape index (κ1) is 20.1. The number of hydrogen-bond donors (Lipinski definition) is 2. The second-order valence-electron chi connectivity index (χ2n) is 8.39. The van der Waals surface area contributed by atoms with Crippen LogP contribution in [0.15, 0.2) is 18.3 Å². The number of nitrogens with one attached hydrogen (secondary N) is 2. The van der Waals surface area contributed by atoms with Crippen molar-refractivity contribution in [3.63, 3.8) is 0 Å². The molecule has 3 heterocycles. The van der Waals surface area contributed by atoms with E-state index < -0.39 is 5.60 Å². The SMILES string of the molecule is Cc1cc(Nc2ccnc(CC3CCCN(C(=O)OC(C)(C)C)CC3)n2)n[nH]1. The number of likely N-dealkylation sites (tertiary alicyclic amines) is 1. The van der Waals surface area contributed by atoms with E-state index >= 15 is 0 Å². The minimum Gasteiger partial charge on any atom is -0.444 e. The lowest BCUT2D eigenvalue weighted by Crippen LogP contribution is -2.37. The number of carbonyl (C=O) groups is 1. The molecule has 1 atom stereocenters. The zero-order chi connectivity index (χ0) is 20.1. The molecule has 0 radical (unpaired) electrons. The molecule has 152 valence electrons. The largest absolute Gasteiger partial charge is 0.444 e. The monoisotopic (exact) mass is 386 g/mol. The fourth-order valence-electron chi connectivity index (χ4n) is 3.32. The van der Waals surface area contributed by atoms with E-state index in [1.54, 1.807) is 6.20 Å². The van der Waals surface area contributed by atoms with Gasteiger partial charge in [-0.05, 0) is 58.9 Å². The van der Waals surface area contributed by atoms with Crippen LogP contribution in [-0.4, -0.2) is 49.8 Å². The van der Waals surface area contributed by atoms with Crippen molar-refractivity contribution in [2.24, 2.45) is 5.92 Å². The first-order valence-electron chi connectivity index (χ1n) is 9.87. The van der Waals surface area contributed by atoms with Crippen LogP contribution in [0.5, 0.6) is 0 Å². The van der Waals surface area contributed by atoms with Crippen LogP contribution in [0.25, 0.3) is 0 Å². The molecule has 3 rings (SSSR count). The van der Waals surface area contributed by atoms with Crippen LogP contribution in [0, 0.1) is 12.8 Å². The normalized spacial score (nSPS) is 17.9. The Morgan fingerprint density at radius 1 is 1.32 bits per heavy atom. The van der Waals surface area contributed by atoms with E-state index in [1.165, 1.54) is 0 Å². The third kappa shape index (κ3) is 5.94. The van der Waals surface area contributed by atoms with E-state index in [-0.39, 0.29) is 6.09 Å². The maximum Gasteiger partial charge on any atom is 0.410 e. The summed E-state index contributed by atoms with van der Waals surface area (Å²) in [6, 6.07) is 3.77. The molecule has 8 nitrogen and oxygen atoms in total. The molecule has 2 aromatic rings. The Labute approximate surface area is 166 Å². The maximum atomic E-state index is 12.3. The van der Waals surface area contributed by atoms with Crippen molar-refractivity contribution in [3.8, 4) is 0 Å². The van der Waals surface area contributed by atoms with Crippen LogP contribution in [-0.2, 0) is 11.2 Å². The minimum atomic E-state index is -0.461.